The molecule has 0 saturated carbocycles. The minimum Gasteiger partial charge on any atom is -0.478 e. The van der Waals surface area contributed by atoms with Crippen molar-refractivity contribution in [3.8, 4) is 0 Å². The van der Waals surface area contributed by atoms with Crippen molar-refractivity contribution in [3.05, 3.63) is 35.5 Å². The molecule has 18 heavy (non-hydrogen) atoms. The number of rotatable bonds is 2. The van der Waals surface area contributed by atoms with Crippen LogP contribution in [0.3, 0.4) is 0 Å². The summed E-state index contributed by atoms with van der Waals surface area (Å²) in [5.74, 6) is -0.863. The first-order chi connectivity index (χ1) is 8.28. The Kier molecular flexibility index (Phi) is 2.93. The van der Waals surface area contributed by atoms with E-state index in [0.29, 0.717) is 5.56 Å². The van der Waals surface area contributed by atoms with Crippen molar-refractivity contribution in [3.63, 3.8) is 0 Å². The van der Waals surface area contributed by atoms with Crippen LogP contribution in [0.5, 0.6) is 0 Å². The van der Waals surface area contributed by atoms with Crippen molar-refractivity contribution in [2.45, 2.75) is 34.2 Å². The van der Waals surface area contributed by atoms with Crippen LogP contribution in [-0.4, -0.2) is 15.6 Å². The normalized spacial score (nSPS) is 12.0. The minimum atomic E-state index is -0.863. The van der Waals surface area contributed by atoms with Gasteiger partial charge in [0.2, 0.25) is 0 Å². The van der Waals surface area contributed by atoms with Gasteiger partial charge < -0.3 is 9.67 Å². The highest BCUT2D eigenvalue weighted by Gasteiger charge is 2.18. The molecule has 0 unspecified atom stereocenters. The van der Waals surface area contributed by atoms with Gasteiger partial charge in [-0.25, -0.2) is 4.79 Å². The lowest BCUT2D eigenvalue weighted by Gasteiger charge is -2.19. The third-order valence-electron chi connectivity index (χ3n) is 2.91. The maximum Gasteiger partial charge on any atom is 0.337 e. The zero-order valence-electron chi connectivity index (χ0n) is 11.3. The average Bonchev–Trinajstić information content (AvgIpc) is 2.54. The maximum atomic E-state index is 11.3. The molecule has 0 atom stereocenters. The topological polar surface area (TPSA) is 42.2 Å². The predicted octanol–water partition coefficient (Wildman–Crippen LogP) is 3.69. The molecule has 0 aliphatic carbocycles. The lowest BCUT2D eigenvalue weighted by atomic mass is 9.97. The molecule has 1 aromatic heterocycles. The van der Waals surface area contributed by atoms with Gasteiger partial charge in [-0.1, -0.05) is 32.4 Å². The Morgan fingerprint density at radius 3 is 2.56 bits per heavy atom. The number of carbonyl (C=O) groups is 1. The third kappa shape index (κ3) is 2.40. The second-order valence-corrected chi connectivity index (χ2v) is 6.06. The molecule has 2 aromatic rings. The molecule has 1 aromatic carbocycles. The Morgan fingerprint density at radius 2 is 2.00 bits per heavy atom. The number of fused-ring (bicyclic) bond motifs is 1. The van der Waals surface area contributed by atoms with E-state index in [-0.39, 0.29) is 5.41 Å². The van der Waals surface area contributed by atoms with Crippen molar-refractivity contribution < 1.29 is 9.90 Å². The van der Waals surface area contributed by atoms with Crippen molar-refractivity contribution in [1.29, 1.82) is 0 Å². The van der Waals surface area contributed by atoms with Crippen molar-refractivity contribution in [2.24, 2.45) is 5.41 Å². The molecule has 0 bridgehead atoms. The van der Waals surface area contributed by atoms with Crippen LogP contribution in [0.2, 0.25) is 0 Å². The number of hydrogen-bond donors (Lipinski definition) is 1. The molecule has 3 heteroatoms. The molecular formula is C15H19NO2. The fourth-order valence-electron chi connectivity index (χ4n) is 2.22. The van der Waals surface area contributed by atoms with Crippen LogP contribution in [0.25, 0.3) is 10.9 Å². The first kappa shape index (κ1) is 12.7. The van der Waals surface area contributed by atoms with Gasteiger partial charge in [0.05, 0.1) is 5.56 Å². The fourth-order valence-corrected chi connectivity index (χ4v) is 2.22. The monoisotopic (exact) mass is 245 g/mol. The predicted molar refractivity (Wildman–Crippen MR) is 73.1 cm³/mol. The highest BCUT2D eigenvalue weighted by atomic mass is 16.4. The molecule has 0 aliphatic heterocycles. The molecule has 0 aliphatic rings. The van der Waals surface area contributed by atoms with Gasteiger partial charge in [-0.3, -0.25) is 0 Å². The summed E-state index contributed by atoms with van der Waals surface area (Å²) in [6.07, 6.45) is 1.75. The summed E-state index contributed by atoms with van der Waals surface area (Å²) in [5.41, 5.74) is 2.58. The van der Waals surface area contributed by atoms with Crippen LogP contribution in [0.15, 0.2) is 24.4 Å². The van der Waals surface area contributed by atoms with Crippen LogP contribution < -0.4 is 0 Å². The Morgan fingerprint density at radius 1 is 1.33 bits per heavy atom. The summed E-state index contributed by atoms with van der Waals surface area (Å²) in [4.78, 5) is 11.3. The lowest BCUT2D eigenvalue weighted by molar-refractivity contribution is 0.0698. The van der Waals surface area contributed by atoms with Gasteiger partial charge >= 0.3 is 5.97 Å². The Hall–Kier alpha value is -1.77. The standard InChI is InChI=1S/C15H19NO2/c1-10-5-6-13-11(7-10)12(14(17)18)8-16(13)9-15(2,3)4/h5-8H,9H2,1-4H3,(H,17,18). The van der Waals surface area contributed by atoms with E-state index < -0.39 is 5.97 Å². The van der Waals surface area contributed by atoms with E-state index in [2.05, 4.69) is 20.8 Å². The number of benzene rings is 1. The molecule has 0 spiro atoms. The summed E-state index contributed by atoms with van der Waals surface area (Å²) in [5, 5.41) is 10.1. The lowest BCUT2D eigenvalue weighted by Crippen LogP contribution is -2.14. The quantitative estimate of drug-likeness (QED) is 0.876. The SMILES string of the molecule is Cc1ccc2c(c1)c(C(=O)O)cn2CC(C)(C)C. The van der Waals surface area contributed by atoms with Gasteiger partial charge in [0, 0.05) is 23.6 Å². The average molecular weight is 245 g/mol. The number of aromatic nitrogens is 1. The van der Waals surface area contributed by atoms with Gasteiger partial charge in [-0.05, 0) is 24.5 Å². The van der Waals surface area contributed by atoms with Crippen LogP contribution in [0.1, 0.15) is 36.7 Å². The molecular weight excluding hydrogens is 226 g/mol. The van der Waals surface area contributed by atoms with E-state index in [1.54, 1.807) is 6.20 Å². The molecule has 1 N–H and O–H groups in total. The summed E-state index contributed by atoms with van der Waals surface area (Å²) < 4.78 is 2.04. The second kappa shape index (κ2) is 4.16. The Labute approximate surface area is 107 Å². The van der Waals surface area contributed by atoms with Gasteiger partial charge in [-0.15, -0.1) is 0 Å². The molecule has 3 nitrogen and oxygen atoms in total. The number of hydrogen-bond acceptors (Lipinski definition) is 1. The first-order valence-corrected chi connectivity index (χ1v) is 6.11. The highest BCUT2D eigenvalue weighted by Crippen LogP contribution is 2.26. The van der Waals surface area contributed by atoms with Crippen molar-refractivity contribution >= 4 is 16.9 Å². The number of aromatic carboxylic acids is 1. The Bertz CT molecular complexity index is 603. The van der Waals surface area contributed by atoms with Crippen LogP contribution in [0, 0.1) is 12.3 Å². The Balaban J connectivity index is 2.65. The van der Waals surface area contributed by atoms with Crippen molar-refractivity contribution in [1.82, 2.24) is 4.57 Å². The van der Waals surface area contributed by atoms with E-state index in [1.807, 2.05) is 29.7 Å². The first-order valence-electron chi connectivity index (χ1n) is 6.11. The van der Waals surface area contributed by atoms with E-state index in [0.717, 1.165) is 23.0 Å². The number of carboxylic acid groups (broad SMARTS) is 1. The van der Waals surface area contributed by atoms with Gasteiger partial charge in [0.25, 0.3) is 0 Å². The maximum absolute atomic E-state index is 11.3. The number of nitrogens with zero attached hydrogens (tertiary/aromatic N) is 1. The van der Waals surface area contributed by atoms with E-state index in [4.69, 9.17) is 0 Å². The van der Waals surface area contributed by atoms with E-state index in [1.165, 1.54) is 0 Å². The molecule has 0 fully saturated rings. The molecule has 0 saturated heterocycles. The minimum absolute atomic E-state index is 0.118. The molecule has 2 rings (SSSR count). The molecule has 0 amide bonds. The molecule has 0 radical (unpaired) electrons. The van der Waals surface area contributed by atoms with Crippen molar-refractivity contribution in [2.75, 3.05) is 0 Å². The summed E-state index contributed by atoms with van der Waals surface area (Å²) in [6, 6.07) is 5.97. The number of carboxylic acids is 1. The fraction of sp³-hybridized carbons (Fsp3) is 0.400. The van der Waals surface area contributed by atoms with Gasteiger partial charge in [0.15, 0.2) is 0 Å². The van der Waals surface area contributed by atoms with Crippen LogP contribution >= 0.6 is 0 Å². The molecule has 1 heterocycles. The summed E-state index contributed by atoms with van der Waals surface area (Å²) >= 11 is 0. The van der Waals surface area contributed by atoms with Crippen LogP contribution in [-0.2, 0) is 6.54 Å². The summed E-state index contributed by atoms with van der Waals surface area (Å²) in [6.45, 7) is 9.22. The summed E-state index contributed by atoms with van der Waals surface area (Å²) in [7, 11) is 0. The van der Waals surface area contributed by atoms with Gasteiger partial charge in [-0.2, -0.15) is 0 Å². The van der Waals surface area contributed by atoms with Gasteiger partial charge in [0.1, 0.15) is 0 Å². The van der Waals surface area contributed by atoms with E-state index >= 15 is 0 Å². The highest BCUT2D eigenvalue weighted by molar-refractivity contribution is 6.03. The smallest absolute Gasteiger partial charge is 0.337 e. The third-order valence-corrected chi connectivity index (χ3v) is 2.91. The van der Waals surface area contributed by atoms with E-state index in [9.17, 15) is 9.90 Å². The largest absolute Gasteiger partial charge is 0.478 e. The second-order valence-electron chi connectivity index (χ2n) is 6.06. The number of aryl methyl sites for hydroxylation is 1. The molecule has 96 valence electrons. The zero-order chi connectivity index (χ0) is 13.5. The zero-order valence-corrected chi connectivity index (χ0v) is 11.3. The van der Waals surface area contributed by atoms with Crippen LogP contribution in [0.4, 0.5) is 0 Å².